The van der Waals surface area contributed by atoms with E-state index in [-0.39, 0.29) is 12.3 Å². The maximum atomic E-state index is 13.4. The van der Waals surface area contributed by atoms with E-state index >= 15 is 0 Å². The molecular weight excluding hydrogens is 435 g/mol. The van der Waals surface area contributed by atoms with Gasteiger partial charge in [0.05, 0.1) is 12.1 Å². The molecule has 0 aliphatic heterocycles. The fourth-order valence-electron chi connectivity index (χ4n) is 3.15. The Kier molecular flexibility index (Phi) is 6.23. The molecule has 0 fully saturated rings. The van der Waals surface area contributed by atoms with Crippen molar-refractivity contribution < 1.29 is 18.4 Å². The highest BCUT2D eigenvalue weighted by Gasteiger charge is 2.21. The van der Waals surface area contributed by atoms with Crippen molar-refractivity contribution in [3.8, 4) is 5.75 Å². The number of rotatable bonds is 7. The molecule has 2 aromatic heterocycles. The number of nitrogens with one attached hydrogen (secondary N) is 1. The first kappa shape index (κ1) is 21.6. The number of carbonyl (C=O) groups is 1. The van der Waals surface area contributed by atoms with Crippen molar-refractivity contribution in [1.29, 1.82) is 0 Å². The maximum Gasteiger partial charge on any atom is 0.279 e. The summed E-state index contributed by atoms with van der Waals surface area (Å²) in [6.45, 7) is 4.03. The van der Waals surface area contributed by atoms with E-state index in [0.717, 1.165) is 11.3 Å². The van der Waals surface area contributed by atoms with Crippen LogP contribution in [0.2, 0.25) is 5.02 Å². The largest absolute Gasteiger partial charge is 0.489 e. The van der Waals surface area contributed by atoms with E-state index in [1.165, 1.54) is 12.1 Å². The van der Waals surface area contributed by atoms with Gasteiger partial charge in [-0.1, -0.05) is 41.0 Å². The van der Waals surface area contributed by atoms with Gasteiger partial charge in [0, 0.05) is 22.8 Å². The minimum absolute atomic E-state index is 0.00150. The summed E-state index contributed by atoms with van der Waals surface area (Å²) in [5.74, 6) is 0.252. The first-order valence-corrected chi connectivity index (χ1v) is 10.2. The van der Waals surface area contributed by atoms with E-state index in [0.29, 0.717) is 34.5 Å². The number of hydrogen-bond donors (Lipinski definition) is 1. The molecule has 164 valence electrons. The lowest BCUT2D eigenvalue weighted by Gasteiger charge is -2.07. The molecule has 0 bridgehead atoms. The Hall–Kier alpha value is -3.65. The molecule has 0 spiro atoms. The van der Waals surface area contributed by atoms with E-state index in [1.807, 2.05) is 31.2 Å². The van der Waals surface area contributed by atoms with Crippen molar-refractivity contribution in [2.45, 2.75) is 27.0 Å². The van der Waals surface area contributed by atoms with Crippen molar-refractivity contribution >= 4 is 23.3 Å². The average molecular weight is 455 g/mol. The molecule has 0 unspecified atom stereocenters. The molecule has 1 N–H and O–H groups in total. The van der Waals surface area contributed by atoms with Crippen LogP contribution in [-0.2, 0) is 13.2 Å². The second-order valence-corrected chi connectivity index (χ2v) is 7.59. The van der Waals surface area contributed by atoms with Crippen LogP contribution < -0.4 is 10.1 Å². The van der Waals surface area contributed by atoms with Crippen LogP contribution in [0, 0.1) is 19.7 Å². The number of aromatic nitrogens is 3. The van der Waals surface area contributed by atoms with Crippen LogP contribution in [0.3, 0.4) is 0 Å². The number of benzene rings is 2. The summed E-state index contributed by atoms with van der Waals surface area (Å²) in [4.78, 5) is 12.8. The number of anilines is 1. The summed E-state index contributed by atoms with van der Waals surface area (Å²) in [5.41, 5.74) is 2.32. The molecule has 7 nitrogen and oxygen atoms in total. The second-order valence-electron chi connectivity index (χ2n) is 7.19. The molecule has 0 atom stereocenters. The molecule has 0 saturated heterocycles. The summed E-state index contributed by atoms with van der Waals surface area (Å²) in [7, 11) is 0. The van der Waals surface area contributed by atoms with Gasteiger partial charge in [0.1, 0.15) is 23.9 Å². The molecule has 4 rings (SSSR count). The zero-order valence-corrected chi connectivity index (χ0v) is 18.2. The third-order valence-corrected chi connectivity index (χ3v) is 5.25. The van der Waals surface area contributed by atoms with Crippen molar-refractivity contribution in [2.75, 3.05) is 5.32 Å². The predicted molar refractivity (Wildman–Crippen MR) is 117 cm³/mol. The van der Waals surface area contributed by atoms with E-state index in [1.54, 1.807) is 29.8 Å². The highest BCUT2D eigenvalue weighted by Crippen LogP contribution is 2.21. The normalized spacial score (nSPS) is 10.9. The smallest absolute Gasteiger partial charge is 0.279 e. The van der Waals surface area contributed by atoms with E-state index in [9.17, 15) is 9.18 Å². The predicted octanol–water partition coefficient (Wildman–Crippen LogP) is 5.16. The highest BCUT2D eigenvalue weighted by atomic mass is 35.5. The zero-order valence-electron chi connectivity index (χ0n) is 17.4. The van der Waals surface area contributed by atoms with Crippen LogP contribution in [0.1, 0.15) is 33.1 Å². The van der Waals surface area contributed by atoms with Crippen LogP contribution >= 0.6 is 11.6 Å². The lowest BCUT2D eigenvalue weighted by molar-refractivity contribution is 0.101. The molecule has 0 saturated carbocycles. The first-order valence-electron chi connectivity index (χ1n) is 9.83. The SMILES string of the molecule is Cc1onc(C(=O)Nc2cc(C)n(Cc3ccccc3Cl)n2)c1COc1cccc(F)c1. The lowest BCUT2D eigenvalue weighted by atomic mass is 10.2. The Bertz CT molecular complexity index is 1270. The fraction of sp³-hybridized carbons (Fsp3) is 0.174. The van der Waals surface area contributed by atoms with E-state index in [2.05, 4.69) is 15.6 Å². The van der Waals surface area contributed by atoms with Crippen molar-refractivity contribution in [3.63, 3.8) is 0 Å². The molecular formula is C23H20ClFN4O3. The van der Waals surface area contributed by atoms with E-state index < -0.39 is 11.7 Å². The van der Waals surface area contributed by atoms with Crippen LogP contribution in [0.5, 0.6) is 5.75 Å². The minimum Gasteiger partial charge on any atom is -0.489 e. The van der Waals surface area contributed by atoms with Gasteiger partial charge in [-0.3, -0.25) is 9.48 Å². The van der Waals surface area contributed by atoms with Crippen LogP contribution in [-0.4, -0.2) is 20.8 Å². The number of halogens is 2. The van der Waals surface area contributed by atoms with Gasteiger partial charge in [0.25, 0.3) is 5.91 Å². The Morgan fingerprint density at radius 1 is 1.19 bits per heavy atom. The monoisotopic (exact) mass is 454 g/mol. The van der Waals surface area contributed by atoms with Crippen molar-refractivity contribution in [1.82, 2.24) is 14.9 Å². The molecule has 0 aliphatic rings. The van der Waals surface area contributed by atoms with Gasteiger partial charge in [-0.05, 0) is 37.6 Å². The van der Waals surface area contributed by atoms with Crippen molar-refractivity contribution in [2.24, 2.45) is 0 Å². The molecule has 0 radical (unpaired) electrons. The van der Waals surface area contributed by atoms with Gasteiger partial charge < -0.3 is 14.6 Å². The zero-order chi connectivity index (χ0) is 22.7. The van der Waals surface area contributed by atoms with Crippen LogP contribution in [0.4, 0.5) is 10.2 Å². The third kappa shape index (κ3) is 4.81. The number of nitrogens with zero attached hydrogens (tertiary/aromatic N) is 3. The Morgan fingerprint density at radius 2 is 2.00 bits per heavy atom. The number of ether oxygens (including phenoxy) is 1. The second kappa shape index (κ2) is 9.23. The summed E-state index contributed by atoms with van der Waals surface area (Å²) < 4.78 is 25.9. The van der Waals surface area contributed by atoms with E-state index in [4.69, 9.17) is 20.9 Å². The third-order valence-electron chi connectivity index (χ3n) is 4.88. The number of aryl methyl sites for hydroxylation is 2. The fourth-order valence-corrected chi connectivity index (χ4v) is 3.34. The molecule has 2 aromatic carbocycles. The summed E-state index contributed by atoms with van der Waals surface area (Å²) >= 11 is 6.24. The van der Waals surface area contributed by atoms with Gasteiger partial charge in [-0.15, -0.1) is 0 Å². The van der Waals surface area contributed by atoms with Crippen LogP contribution in [0.25, 0.3) is 0 Å². The maximum absolute atomic E-state index is 13.4. The number of amides is 1. The highest BCUT2D eigenvalue weighted by molar-refractivity contribution is 6.31. The van der Waals surface area contributed by atoms with Crippen LogP contribution in [0.15, 0.2) is 59.1 Å². The minimum atomic E-state index is -0.484. The van der Waals surface area contributed by atoms with Gasteiger partial charge in [-0.25, -0.2) is 4.39 Å². The Labute approximate surface area is 188 Å². The van der Waals surface area contributed by atoms with Gasteiger partial charge in [-0.2, -0.15) is 5.10 Å². The molecule has 1 amide bonds. The molecule has 32 heavy (non-hydrogen) atoms. The molecule has 2 heterocycles. The van der Waals surface area contributed by atoms with Gasteiger partial charge in [0.2, 0.25) is 0 Å². The standard InChI is InChI=1S/C23H20ClFN4O3/c1-14-10-21(27-29(14)12-16-6-3-4-9-20(16)24)26-23(30)22-19(15(2)32-28-22)13-31-18-8-5-7-17(25)11-18/h3-11H,12-13H2,1-2H3,(H,26,27,30). The topological polar surface area (TPSA) is 82.2 Å². The van der Waals surface area contributed by atoms with Gasteiger partial charge in [0.15, 0.2) is 11.5 Å². The first-order chi connectivity index (χ1) is 15.4. The average Bonchev–Trinajstić information content (AvgIpc) is 3.30. The number of hydrogen-bond acceptors (Lipinski definition) is 5. The van der Waals surface area contributed by atoms with Crippen molar-refractivity contribution in [3.05, 3.63) is 93.7 Å². The molecule has 9 heteroatoms. The Balaban J connectivity index is 1.47. The summed E-state index contributed by atoms with van der Waals surface area (Å²) in [6, 6.07) is 15.0. The summed E-state index contributed by atoms with van der Waals surface area (Å²) in [5, 5.41) is 11.7. The Morgan fingerprint density at radius 3 is 2.78 bits per heavy atom. The summed E-state index contributed by atoms with van der Waals surface area (Å²) in [6.07, 6.45) is 0. The van der Waals surface area contributed by atoms with Gasteiger partial charge >= 0.3 is 0 Å². The quantitative estimate of drug-likeness (QED) is 0.417. The molecule has 4 aromatic rings. The number of carbonyl (C=O) groups excluding carboxylic acids is 1. The lowest BCUT2D eigenvalue weighted by Crippen LogP contribution is -2.16. The molecule has 0 aliphatic carbocycles.